The Kier molecular flexibility index (Phi) is 13.8. The van der Waals surface area contributed by atoms with Gasteiger partial charge in [-0.05, 0) is 26.9 Å². The molecule has 0 aromatic carbocycles. The molecule has 2 atom stereocenters. The summed E-state index contributed by atoms with van der Waals surface area (Å²) in [5.41, 5.74) is -3.87. The molecular formula is C24H44N4NiO7. The minimum atomic E-state index is -1.20. The van der Waals surface area contributed by atoms with Crippen molar-refractivity contribution in [2.45, 2.75) is 63.8 Å². The fourth-order valence-electron chi connectivity index (χ4n) is 3.65. The van der Waals surface area contributed by atoms with E-state index >= 15 is 0 Å². The fraction of sp³-hybridized carbons (Fsp3) is 0.917. The van der Waals surface area contributed by atoms with Gasteiger partial charge in [0.25, 0.3) is 0 Å². The average molecular weight is 559 g/mol. The zero-order chi connectivity index (χ0) is 26.0. The molecule has 0 aliphatic carbocycles. The second-order valence-electron chi connectivity index (χ2n) is 10.7. The Hall–Kier alpha value is -0.846. The largest absolute Gasteiger partial charge is 2.00 e. The molecule has 0 aromatic heterocycles. The van der Waals surface area contributed by atoms with Crippen LogP contribution in [0.5, 0.6) is 0 Å². The third kappa shape index (κ3) is 11.3. The number of nitrogens with zero attached hydrogens (tertiary/aromatic N) is 2. The Morgan fingerprint density at radius 1 is 0.556 bits per heavy atom. The Bertz CT molecular complexity index is 641. The summed E-state index contributed by atoms with van der Waals surface area (Å²) in [5.74, 6) is -0.713. The predicted octanol–water partition coefficient (Wildman–Crippen LogP) is 1.15. The number of carbonyl (C=O) groups excluding carboxylic acids is 2. The van der Waals surface area contributed by atoms with Crippen molar-refractivity contribution in [1.82, 2.24) is 10.6 Å². The molecule has 0 aromatic rings. The third-order valence-corrected chi connectivity index (χ3v) is 5.79. The number of ether oxygens (including phenoxy) is 5. The van der Waals surface area contributed by atoms with Gasteiger partial charge in [-0.25, -0.2) is 0 Å². The van der Waals surface area contributed by atoms with Crippen molar-refractivity contribution in [2.24, 2.45) is 0 Å². The molecule has 36 heavy (non-hydrogen) atoms. The molecule has 212 valence electrons. The molecule has 0 spiro atoms. The van der Waals surface area contributed by atoms with Gasteiger partial charge in [0.2, 0.25) is 0 Å². The van der Waals surface area contributed by atoms with Crippen LogP contribution in [0.1, 0.15) is 41.5 Å². The monoisotopic (exact) mass is 558 g/mol. The van der Waals surface area contributed by atoms with Gasteiger partial charge < -0.3 is 54.5 Å². The van der Waals surface area contributed by atoms with Gasteiger partial charge in [-0.15, -0.1) is 0 Å². The van der Waals surface area contributed by atoms with Crippen molar-refractivity contribution >= 4 is 11.8 Å². The molecule has 3 fully saturated rings. The number of rotatable bonds is 0. The maximum absolute atomic E-state index is 13.3. The van der Waals surface area contributed by atoms with Crippen LogP contribution in [0, 0.1) is 0 Å². The summed E-state index contributed by atoms with van der Waals surface area (Å²) in [6.07, 6.45) is 0. The molecule has 2 N–H and O–H groups in total. The first-order valence-corrected chi connectivity index (χ1v) is 12.3. The number of hydrogen-bond acceptors (Lipinski definition) is 9. The first-order valence-electron chi connectivity index (χ1n) is 12.3. The van der Waals surface area contributed by atoms with Crippen LogP contribution in [0.25, 0.3) is 10.6 Å². The zero-order valence-corrected chi connectivity index (χ0v) is 23.5. The average Bonchev–Trinajstić information content (AvgIpc) is 2.74. The number of amides is 2. The molecule has 3 heterocycles. The summed E-state index contributed by atoms with van der Waals surface area (Å²) in [6, 6.07) is 0. The van der Waals surface area contributed by atoms with Crippen LogP contribution in [-0.2, 0) is 49.8 Å². The summed E-state index contributed by atoms with van der Waals surface area (Å²) >= 11 is 0. The van der Waals surface area contributed by atoms with Gasteiger partial charge in [0.05, 0.1) is 64.7 Å². The molecular weight excluding hydrogens is 515 g/mol. The zero-order valence-electron chi connectivity index (χ0n) is 22.6. The Morgan fingerprint density at radius 3 is 1.19 bits per heavy atom. The van der Waals surface area contributed by atoms with E-state index in [0.717, 1.165) is 0 Å². The van der Waals surface area contributed by atoms with E-state index in [-0.39, 0.29) is 54.6 Å². The summed E-state index contributed by atoms with van der Waals surface area (Å²) in [4.78, 5) is 26.6. The van der Waals surface area contributed by atoms with Crippen LogP contribution < -0.4 is 10.6 Å². The van der Waals surface area contributed by atoms with Crippen molar-refractivity contribution in [3.63, 3.8) is 0 Å². The van der Waals surface area contributed by atoms with Crippen molar-refractivity contribution in [3.05, 3.63) is 10.6 Å². The number of nitrogens with one attached hydrogen (secondary N) is 2. The molecule has 3 rings (SSSR count). The van der Waals surface area contributed by atoms with Crippen LogP contribution in [0.3, 0.4) is 0 Å². The van der Waals surface area contributed by atoms with E-state index in [1.54, 1.807) is 13.8 Å². The molecule has 2 bridgehead atoms. The van der Waals surface area contributed by atoms with Crippen molar-refractivity contribution in [2.75, 3.05) is 79.0 Å². The van der Waals surface area contributed by atoms with Gasteiger partial charge in [-0.3, -0.25) is 0 Å². The molecule has 3 aliphatic rings. The van der Waals surface area contributed by atoms with Gasteiger partial charge in [0.15, 0.2) is 0 Å². The molecule has 0 radical (unpaired) electrons. The number of carbonyl (C=O) groups is 2. The topological polar surface area (TPSA) is 133 Å². The van der Waals surface area contributed by atoms with Crippen molar-refractivity contribution in [3.8, 4) is 0 Å². The summed E-state index contributed by atoms with van der Waals surface area (Å²) in [5, 5.41) is 15.5. The number of fused-ring (bicyclic) bond motifs is 22. The normalized spacial score (nSPS) is 32.2. The van der Waals surface area contributed by atoms with Crippen LogP contribution in [0.15, 0.2) is 0 Å². The minimum Gasteiger partial charge on any atom is -0.645 e. The van der Waals surface area contributed by atoms with E-state index in [1.165, 1.54) is 0 Å². The first kappa shape index (κ1) is 33.2. The van der Waals surface area contributed by atoms with Crippen LogP contribution in [0.4, 0.5) is 0 Å². The minimum absolute atomic E-state index is 0. The van der Waals surface area contributed by atoms with E-state index in [1.807, 2.05) is 27.7 Å². The third-order valence-electron chi connectivity index (χ3n) is 5.79. The molecule has 12 heteroatoms. The van der Waals surface area contributed by atoms with E-state index in [4.69, 9.17) is 23.7 Å². The quantitative estimate of drug-likeness (QED) is 0.331. The molecule has 3 saturated heterocycles. The van der Waals surface area contributed by atoms with Crippen LogP contribution >= 0.6 is 0 Å². The summed E-state index contributed by atoms with van der Waals surface area (Å²) < 4.78 is 28.6. The second kappa shape index (κ2) is 14.9. The maximum Gasteiger partial charge on any atom is 2.00 e. The van der Waals surface area contributed by atoms with Gasteiger partial charge >= 0.3 is 16.5 Å². The predicted molar refractivity (Wildman–Crippen MR) is 132 cm³/mol. The molecule has 3 aliphatic heterocycles. The summed E-state index contributed by atoms with van der Waals surface area (Å²) in [7, 11) is 0. The Morgan fingerprint density at radius 2 is 0.861 bits per heavy atom. The molecule has 2 unspecified atom stereocenters. The molecule has 11 nitrogen and oxygen atoms in total. The first-order chi connectivity index (χ1) is 16.4. The van der Waals surface area contributed by atoms with E-state index < -0.39 is 22.3 Å². The van der Waals surface area contributed by atoms with Crippen molar-refractivity contribution in [1.29, 1.82) is 0 Å². The van der Waals surface area contributed by atoms with Gasteiger partial charge in [-0.1, -0.05) is 38.8 Å². The van der Waals surface area contributed by atoms with Gasteiger partial charge in [-0.2, -0.15) is 0 Å². The van der Waals surface area contributed by atoms with E-state index in [9.17, 15) is 9.59 Å². The number of hydrogen-bond donors (Lipinski definition) is 2. The van der Waals surface area contributed by atoms with Crippen LogP contribution in [0.2, 0.25) is 0 Å². The van der Waals surface area contributed by atoms with Gasteiger partial charge in [0, 0.05) is 13.1 Å². The smallest absolute Gasteiger partial charge is 0.645 e. The fourth-order valence-corrected chi connectivity index (χ4v) is 3.65. The second-order valence-corrected chi connectivity index (χ2v) is 10.7. The Labute approximate surface area is 225 Å². The van der Waals surface area contributed by atoms with E-state index in [0.29, 0.717) is 52.7 Å². The van der Waals surface area contributed by atoms with Crippen LogP contribution in [-0.4, -0.2) is 113 Å². The Balaban J connectivity index is 0.00000648. The molecule has 2 amide bonds. The maximum atomic E-state index is 13.3. The summed E-state index contributed by atoms with van der Waals surface area (Å²) in [6.45, 7) is 14.8. The molecule has 0 saturated carbocycles. The standard InChI is InChI=1S/C24H46N4O7.Ni/c1-21(2)15-25-17-24(6)20(30)28-22(3,4)16-26-18-23(5,19(29)27-21)34-13-11-32-9-7-31-8-10-33-12-14-35-24;/h25-26H,7-18H2,1-6H3,(H2,27,28,29,30);/q;+2/p-2. The van der Waals surface area contributed by atoms with Crippen molar-refractivity contribution < 1.29 is 49.8 Å². The van der Waals surface area contributed by atoms with Gasteiger partial charge in [0.1, 0.15) is 11.2 Å². The van der Waals surface area contributed by atoms with E-state index in [2.05, 4.69) is 21.3 Å². The SMILES string of the molecule is CC1(C)CNCC2(C)OCCOCCOCCOCCOC(C)(CNCC(C)(C)[N-]C2=O)C(=O)[N-]1.[Ni+2].